The average Bonchev–Trinajstić information content (AvgIpc) is 2.34. The molecule has 90 heavy (non-hydrogen) atoms. The van der Waals surface area contributed by atoms with Gasteiger partial charge >= 0.3 is 0 Å². The summed E-state index contributed by atoms with van der Waals surface area (Å²) in [4.78, 5) is 57.0. The van der Waals surface area contributed by atoms with Crippen LogP contribution in [0.1, 0.15) is 454 Å². The van der Waals surface area contributed by atoms with Gasteiger partial charge in [0, 0.05) is 26.2 Å². The maximum absolute atomic E-state index is 14.3. The first kappa shape index (κ1) is 84.6. The average molecular weight is 1260 g/mol. The smallest absolute Gasteiger partial charge is 0.252 e. The topological polar surface area (TPSA) is 116 Å². The van der Waals surface area contributed by atoms with Crippen LogP contribution in [0.3, 0.4) is 0 Å². The molecule has 8 nitrogen and oxygen atoms in total. The Labute approximate surface area is 559 Å². The molecular formula is C82H150N4O4. The van der Waals surface area contributed by atoms with Crippen molar-refractivity contribution in [3.05, 3.63) is 58.7 Å². The van der Waals surface area contributed by atoms with Crippen LogP contribution in [0.5, 0.6) is 0 Å². The summed E-state index contributed by atoms with van der Waals surface area (Å²) in [6.45, 7) is 11.1. The Kier molecular flexibility index (Phi) is 64.3. The van der Waals surface area contributed by atoms with Crippen LogP contribution in [0.2, 0.25) is 0 Å². The van der Waals surface area contributed by atoms with E-state index in [0.29, 0.717) is 26.2 Å². The van der Waals surface area contributed by atoms with Crippen LogP contribution in [0.25, 0.3) is 0 Å². The van der Waals surface area contributed by atoms with Crippen molar-refractivity contribution in [3.63, 3.8) is 0 Å². The molecule has 0 aromatic heterocycles. The first-order valence-electron chi connectivity index (χ1n) is 40.0. The second-order valence-electron chi connectivity index (χ2n) is 27.4. The minimum Gasteiger partial charge on any atom is -0.352 e. The molecule has 0 aliphatic heterocycles. The Balaban J connectivity index is 2.97. The summed E-state index contributed by atoms with van der Waals surface area (Å²) in [6.07, 6.45) is 84.6. The van der Waals surface area contributed by atoms with Crippen LogP contribution in [0.4, 0.5) is 0 Å². The number of unbranched alkanes of at least 4 members (excludes halogenated alkanes) is 54. The summed E-state index contributed by atoms with van der Waals surface area (Å²) >= 11 is 0. The van der Waals surface area contributed by atoms with Gasteiger partial charge in [0.15, 0.2) is 0 Å². The van der Waals surface area contributed by atoms with Crippen LogP contribution >= 0.6 is 0 Å². The van der Waals surface area contributed by atoms with Gasteiger partial charge in [-0.25, -0.2) is 0 Å². The molecule has 0 spiro atoms. The highest BCUT2D eigenvalue weighted by Crippen LogP contribution is 2.22. The molecule has 0 bridgehead atoms. The van der Waals surface area contributed by atoms with Gasteiger partial charge in [-0.15, -0.1) is 0 Å². The van der Waals surface area contributed by atoms with Crippen LogP contribution in [-0.4, -0.2) is 49.8 Å². The zero-order valence-electron chi connectivity index (χ0n) is 60.4. The lowest BCUT2D eigenvalue weighted by atomic mass is 9.95. The molecule has 0 fully saturated rings. The number of benzene rings is 1. The zero-order valence-corrected chi connectivity index (χ0v) is 60.4. The third kappa shape index (κ3) is 54.0. The number of hydrogen-bond acceptors (Lipinski definition) is 4. The number of carbonyl (C=O) groups excluding carboxylic acids is 4. The molecule has 522 valence electrons. The molecular weight excluding hydrogens is 1100 g/mol. The number of nitrogens with one attached hydrogen (secondary N) is 4. The fourth-order valence-corrected chi connectivity index (χ4v) is 12.6. The van der Waals surface area contributed by atoms with Gasteiger partial charge in [0.05, 0.1) is 22.3 Å². The van der Waals surface area contributed by atoms with E-state index >= 15 is 0 Å². The van der Waals surface area contributed by atoms with E-state index in [1.807, 2.05) is 0 Å². The molecule has 4 N–H and O–H groups in total. The van der Waals surface area contributed by atoms with E-state index in [1.165, 1.54) is 307 Å². The first-order valence-corrected chi connectivity index (χ1v) is 40.0. The maximum Gasteiger partial charge on any atom is 0.252 e. The lowest BCUT2D eigenvalue weighted by Gasteiger charge is -2.17. The zero-order chi connectivity index (χ0) is 64.9. The van der Waals surface area contributed by atoms with Gasteiger partial charge in [0.2, 0.25) is 0 Å². The Morgan fingerprint density at radius 3 is 0.500 bits per heavy atom. The Morgan fingerprint density at radius 1 is 0.211 bits per heavy atom. The van der Waals surface area contributed by atoms with E-state index in [-0.39, 0.29) is 45.9 Å². The SMILES string of the molecule is CCCCCCCC/C=C\CCCCCCCCNC(=O)c1cc(C(=O)NCCCCCCCC/C=C\CCCCCCCC)c(C(=O)NCCCCCCCCCCCCCCCCCC)cc1C(=O)NCCCCCCCCCCCCCCCCCC. The molecule has 0 radical (unpaired) electrons. The molecule has 1 aromatic rings. The van der Waals surface area contributed by atoms with Gasteiger partial charge in [0.25, 0.3) is 23.6 Å². The highest BCUT2D eigenvalue weighted by atomic mass is 16.2. The highest BCUT2D eigenvalue weighted by Gasteiger charge is 2.26. The van der Waals surface area contributed by atoms with Crippen LogP contribution < -0.4 is 21.3 Å². The van der Waals surface area contributed by atoms with Gasteiger partial charge in [-0.2, -0.15) is 0 Å². The largest absolute Gasteiger partial charge is 0.352 e. The van der Waals surface area contributed by atoms with Crippen molar-refractivity contribution in [3.8, 4) is 0 Å². The highest BCUT2D eigenvalue weighted by molar-refractivity contribution is 6.14. The van der Waals surface area contributed by atoms with Crippen molar-refractivity contribution in [2.75, 3.05) is 26.2 Å². The Morgan fingerprint density at radius 2 is 0.344 bits per heavy atom. The summed E-state index contributed by atoms with van der Waals surface area (Å²) in [7, 11) is 0. The van der Waals surface area contributed by atoms with E-state index in [0.717, 1.165) is 89.9 Å². The minimum atomic E-state index is -0.377. The normalized spacial score (nSPS) is 11.6. The first-order chi connectivity index (χ1) is 44.4. The maximum atomic E-state index is 14.3. The lowest BCUT2D eigenvalue weighted by molar-refractivity contribution is 0.0907. The molecule has 0 saturated carbocycles. The second-order valence-corrected chi connectivity index (χ2v) is 27.4. The summed E-state index contributed by atoms with van der Waals surface area (Å²) in [5, 5.41) is 12.5. The Bertz CT molecular complexity index is 1700. The molecule has 0 atom stereocenters. The number of allylic oxidation sites excluding steroid dienone is 4. The van der Waals surface area contributed by atoms with Gasteiger partial charge in [-0.3, -0.25) is 19.2 Å². The van der Waals surface area contributed by atoms with Crippen molar-refractivity contribution in [2.45, 2.75) is 413 Å². The van der Waals surface area contributed by atoms with Crippen molar-refractivity contribution >= 4 is 23.6 Å². The van der Waals surface area contributed by atoms with E-state index in [1.54, 1.807) is 0 Å². The van der Waals surface area contributed by atoms with Crippen molar-refractivity contribution in [1.82, 2.24) is 21.3 Å². The summed E-state index contributed by atoms with van der Waals surface area (Å²) in [6, 6.07) is 3.06. The lowest BCUT2D eigenvalue weighted by Crippen LogP contribution is -2.34. The molecule has 1 aromatic carbocycles. The van der Waals surface area contributed by atoms with Gasteiger partial charge in [-0.05, 0) is 89.2 Å². The number of rotatable bonds is 70. The number of hydrogen-bond donors (Lipinski definition) is 4. The van der Waals surface area contributed by atoms with Crippen molar-refractivity contribution in [2.24, 2.45) is 0 Å². The molecule has 0 aliphatic rings. The molecule has 4 amide bonds. The summed E-state index contributed by atoms with van der Waals surface area (Å²) in [5.41, 5.74) is 0.617. The number of carbonyl (C=O) groups is 4. The quantitative estimate of drug-likeness (QED) is 0.0384. The standard InChI is InChI=1S/C82H150N4O4/c1-5-9-13-17-21-25-29-33-37-41-45-49-53-57-61-65-69-83-79(87)75-73-77(81(89)85-71-67-63-59-55-51-47-43-39-35-31-27-23-19-15-11-7-3)78(82(90)86-72-68-64-60-56-52-48-44-40-36-32-28-24-20-16-12-8-4)74-76(75)80(88)84-70-66-62-58-54-50-46-42-38-34-30-26-22-18-14-10-6-2/h33,35,37,39,73-74H,5-32,34,36,38,40-72H2,1-4H3,(H,83,87)(H,84,88)(H,85,89)(H,86,90)/b37-33-,39-35-. The van der Waals surface area contributed by atoms with Crippen LogP contribution in [0, 0.1) is 0 Å². The van der Waals surface area contributed by atoms with E-state index in [2.05, 4.69) is 73.3 Å². The molecule has 0 saturated heterocycles. The summed E-state index contributed by atoms with van der Waals surface area (Å²) < 4.78 is 0. The Hall–Kier alpha value is -3.42. The van der Waals surface area contributed by atoms with E-state index in [4.69, 9.17) is 0 Å². The van der Waals surface area contributed by atoms with Gasteiger partial charge in [0.1, 0.15) is 0 Å². The van der Waals surface area contributed by atoms with Gasteiger partial charge < -0.3 is 21.3 Å². The molecule has 0 aliphatic carbocycles. The molecule has 0 heterocycles. The molecule has 0 unspecified atom stereocenters. The van der Waals surface area contributed by atoms with E-state index < -0.39 is 0 Å². The monoisotopic (exact) mass is 1260 g/mol. The predicted molar refractivity (Wildman–Crippen MR) is 394 cm³/mol. The second kappa shape index (κ2) is 68.4. The third-order valence-corrected chi connectivity index (χ3v) is 18.7. The van der Waals surface area contributed by atoms with Crippen LogP contribution in [0.15, 0.2) is 36.4 Å². The number of amides is 4. The molecule has 8 heteroatoms. The van der Waals surface area contributed by atoms with Crippen molar-refractivity contribution < 1.29 is 19.2 Å². The van der Waals surface area contributed by atoms with Crippen LogP contribution in [-0.2, 0) is 0 Å². The molecule has 1 rings (SSSR count). The third-order valence-electron chi connectivity index (χ3n) is 18.7. The van der Waals surface area contributed by atoms with Crippen molar-refractivity contribution in [1.29, 1.82) is 0 Å². The van der Waals surface area contributed by atoms with Gasteiger partial charge in [-0.1, -0.05) is 360 Å². The minimum absolute atomic E-state index is 0.154. The fraction of sp³-hybridized carbons (Fsp3) is 0.829. The summed E-state index contributed by atoms with van der Waals surface area (Å²) in [5.74, 6) is -1.50. The van der Waals surface area contributed by atoms with E-state index in [9.17, 15) is 19.2 Å². The predicted octanol–water partition coefficient (Wildman–Crippen LogP) is 25.2. The fourth-order valence-electron chi connectivity index (χ4n) is 12.6.